The summed E-state index contributed by atoms with van der Waals surface area (Å²) >= 11 is 0. The first kappa shape index (κ1) is 23.8. The average molecular weight is 466 g/mol. The standard InChI is InChI=1S/C21H24FN3O6S/c1-30-11-10-19(24-20(26)14-2-4-15(22)5-3-14)21(27)23-16-6-8-18(9-7-16)32(28,29)25-17-12-31-13-17/h2-9,17,19,25H,10-13H2,1H3,(H,23,27)(H,24,26)/t19-/m0/s1. The number of hydrogen-bond acceptors (Lipinski definition) is 6. The van der Waals surface area contributed by atoms with Gasteiger partial charge >= 0.3 is 0 Å². The van der Waals surface area contributed by atoms with Gasteiger partial charge in [-0.3, -0.25) is 9.59 Å². The van der Waals surface area contributed by atoms with Gasteiger partial charge in [0.1, 0.15) is 11.9 Å². The third-order valence-electron chi connectivity index (χ3n) is 4.73. The lowest BCUT2D eigenvalue weighted by Gasteiger charge is -2.26. The third kappa shape index (κ3) is 6.33. The first-order chi connectivity index (χ1) is 15.3. The Bertz CT molecular complexity index is 1040. The molecule has 2 amide bonds. The van der Waals surface area contributed by atoms with Crippen molar-refractivity contribution in [2.75, 3.05) is 32.2 Å². The highest BCUT2D eigenvalue weighted by Gasteiger charge is 2.26. The van der Waals surface area contributed by atoms with Crippen molar-refractivity contribution in [3.05, 3.63) is 59.9 Å². The number of benzene rings is 2. The van der Waals surface area contributed by atoms with E-state index in [9.17, 15) is 22.4 Å². The van der Waals surface area contributed by atoms with Crippen molar-refractivity contribution in [1.82, 2.24) is 10.0 Å². The van der Waals surface area contributed by atoms with Gasteiger partial charge in [-0.05, 0) is 55.0 Å². The Balaban J connectivity index is 1.64. The van der Waals surface area contributed by atoms with E-state index in [1.54, 1.807) is 0 Å². The highest BCUT2D eigenvalue weighted by atomic mass is 32.2. The second kappa shape index (κ2) is 10.6. The van der Waals surface area contributed by atoms with Crippen molar-refractivity contribution in [2.45, 2.75) is 23.4 Å². The van der Waals surface area contributed by atoms with Crippen LogP contribution in [-0.2, 0) is 24.3 Å². The Morgan fingerprint density at radius 2 is 1.78 bits per heavy atom. The Labute approximate surface area is 185 Å². The zero-order valence-corrected chi connectivity index (χ0v) is 18.2. The molecule has 1 aliphatic heterocycles. The van der Waals surface area contributed by atoms with Gasteiger partial charge in [0.15, 0.2) is 0 Å². The molecule has 172 valence electrons. The molecule has 0 saturated carbocycles. The zero-order valence-electron chi connectivity index (χ0n) is 17.3. The lowest BCUT2D eigenvalue weighted by molar-refractivity contribution is -0.118. The molecule has 9 nitrogen and oxygen atoms in total. The zero-order chi connectivity index (χ0) is 23.1. The van der Waals surface area contributed by atoms with E-state index in [4.69, 9.17) is 9.47 Å². The first-order valence-corrected chi connectivity index (χ1v) is 11.3. The molecule has 1 heterocycles. The summed E-state index contributed by atoms with van der Waals surface area (Å²) in [7, 11) is -2.21. The molecule has 1 aliphatic rings. The summed E-state index contributed by atoms with van der Waals surface area (Å²) in [6.07, 6.45) is 0.203. The lowest BCUT2D eigenvalue weighted by Crippen LogP contribution is -2.48. The molecule has 0 spiro atoms. The van der Waals surface area contributed by atoms with Gasteiger partial charge in [0, 0.05) is 25.0 Å². The number of methoxy groups -OCH3 is 1. The number of anilines is 1. The van der Waals surface area contributed by atoms with Crippen molar-refractivity contribution in [3.8, 4) is 0 Å². The molecule has 0 bridgehead atoms. The van der Waals surface area contributed by atoms with E-state index < -0.39 is 33.7 Å². The quantitative estimate of drug-likeness (QED) is 0.486. The van der Waals surface area contributed by atoms with Gasteiger partial charge < -0.3 is 20.1 Å². The second-order valence-electron chi connectivity index (χ2n) is 7.18. The summed E-state index contributed by atoms with van der Waals surface area (Å²) in [5.74, 6) is -1.51. The SMILES string of the molecule is COCC[C@H](NC(=O)c1ccc(F)cc1)C(=O)Nc1ccc(S(=O)(=O)NC2COC2)cc1. The smallest absolute Gasteiger partial charge is 0.251 e. The van der Waals surface area contributed by atoms with Crippen LogP contribution in [0.4, 0.5) is 10.1 Å². The van der Waals surface area contributed by atoms with Gasteiger partial charge in [-0.2, -0.15) is 0 Å². The Kier molecular flexibility index (Phi) is 7.91. The molecule has 2 aromatic rings. The summed E-state index contributed by atoms with van der Waals surface area (Å²) in [6.45, 7) is 0.884. The Morgan fingerprint density at radius 3 is 2.34 bits per heavy atom. The molecule has 1 fully saturated rings. The van der Waals surface area contributed by atoms with E-state index >= 15 is 0 Å². The molecule has 0 aliphatic carbocycles. The van der Waals surface area contributed by atoms with Crippen molar-refractivity contribution in [3.63, 3.8) is 0 Å². The van der Waals surface area contributed by atoms with Gasteiger partial charge in [0.2, 0.25) is 15.9 Å². The predicted octanol–water partition coefficient (Wildman–Crippen LogP) is 1.28. The number of carbonyl (C=O) groups is 2. The van der Waals surface area contributed by atoms with Crippen LogP contribution in [0.5, 0.6) is 0 Å². The van der Waals surface area contributed by atoms with Gasteiger partial charge in [0.05, 0.1) is 24.2 Å². The van der Waals surface area contributed by atoms with Crippen molar-refractivity contribution in [1.29, 1.82) is 0 Å². The largest absolute Gasteiger partial charge is 0.385 e. The summed E-state index contributed by atoms with van der Waals surface area (Å²) < 4.78 is 50.2. The summed E-state index contributed by atoms with van der Waals surface area (Å²) in [5.41, 5.74) is 0.569. The molecule has 0 unspecified atom stereocenters. The fourth-order valence-electron chi connectivity index (χ4n) is 2.89. The van der Waals surface area contributed by atoms with E-state index in [1.165, 1.54) is 43.5 Å². The maximum absolute atomic E-state index is 13.1. The summed E-state index contributed by atoms with van der Waals surface area (Å²) in [6, 6.07) is 9.44. The molecule has 1 atom stereocenters. The molecule has 3 N–H and O–H groups in total. The number of nitrogens with one attached hydrogen (secondary N) is 3. The molecular weight excluding hydrogens is 441 g/mol. The minimum Gasteiger partial charge on any atom is -0.385 e. The van der Waals surface area contributed by atoms with Gasteiger partial charge in [0.25, 0.3) is 5.91 Å². The highest BCUT2D eigenvalue weighted by Crippen LogP contribution is 2.16. The normalized spacial score (nSPS) is 14.9. The maximum atomic E-state index is 13.1. The fraction of sp³-hybridized carbons (Fsp3) is 0.333. The molecule has 3 rings (SSSR count). The lowest BCUT2D eigenvalue weighted by atomic mass is 10.1. The van der Waals surface area contributed by atoms with E-state index in [1.807, 2.05) is 0 Å². The molecule has 32 heavy (non-hydrogen) atoms. The number of ether oxygens (including phenoxy) is 2. The van der Waals surface area contributed by atoms with E-state index in [-0.39, 0.29) is 29.5 Å². The van der Waals surface area contributed by atoms with Gasteiger partial charge in [-0.25, -0.2) is 17.5 Å². The second-order valence-corrected chi connectivity index (χ2v) is 8.90. The maximum Gasteiger partial charge on any atom is 0.251 e. The number of amides is 2. The van der Waals surface area contributed by atoms with E-state index in [0.717, 1.165) is 12.1 Å². The molecule has 0 radical (unpaired) electrons. The van der Waals surface area contributed by atoms with Crippen LogP contribution in [0.1, 0.15) is 16.8 Å². The van der Waals surface area contributed by atoms with Crippen LogP contribution in [-0.4, -0.2) is 59.2 Å². The third-order valence-corrected chi connectivity index (χ3v) is 6.27. The minimum atomic E-state index is -3.69. The van der Waals surface area contributed by atoms with Gasteiger partial charge in [-0.1, -0.05) is 0 Å². The molecule has 11 heteroatoms. The van der Waals surface area contributed by atoms with Crippen molar-refractivity contribution in [2.24, 2.45) is 0 Å². The van der Waals surface area contributed by atoms with E-state index in [0.29, 0.717) is 18.9 Å². The van der Waals surface area contributed by atoms with Crippen LogP contribution in [0.3, 0.4) is 0 Å². The number of hydrogen-bond donors (Lipinski definition) is 3. The fourth-order valence-corrected chi connectivity index (χ4v) is 4.09. The molecule has 1 saturated heterocycles. The van der Waals surface area contributed by atoms with Crippen LogP contribution in [0.2, 0.25) is 0 Å². The Morgan fingerprint density at radius 1 is 1.12 bits per heavy atom. The monoisotopic (exact) mass is 465 g/mol. The van der Waals surface area contributed by atoms with E-state index in [2.05, 4.69) is 15.4 Å². The summed E-state index contributed by atoms with van der Waals surface area (Å²) in [5, 5.41) is 5.26. The summed E-state index contributed by atoms with van der Waals surface area (Å²) in [4.78, 5) is 25.2. The number of sulfonamides is 1. The topological polar surface area (TPSA) is 123 Å². The van der Waals surface area contributed by atoms with Crippen LogP contribution >= 0.6 is 0 Å². The molecular formula is C21H24FN3O6S. The Hall–Kier alpha value is -2.86. The van der Waals surface area contributed by atoms with Gasteiger partial charge in [-0.15, -0.1) is 0 Å². The average Bonchev–Trinajstić information content (AvgIpc) is 2.74. The first-order valence-electron chi connectivity index (χ1n) is 9.85. The van der Waals surface area contributed by atoms with Crippen LogP contribution in [0.25, 0.3) is 0 Å². The number of carbonyl (C=O) groups excluding carboxylic acids is 2. The van der Waals surface area contributed by atoms with Crippen LogP contribution < -0.4 is 15.4 Å². The van der Waals surface area contributed by atoms with Crippen molar-refractivity contribution >= 4 is 27.5 Å². The molecule has 0 aromatic heterocycles. The number of rotatable bonds is 10. The predicted molar refractivity (Wildman–Crippen MR) is 114 cm³/mol. The van der Waals surface area contributed by atoms with Crippen molar-refractivity contribution < 1.29 is 31.9 Å². The number of halogens is 1. The highest BCUT2D eigenvalue weighted by molar-refractivity contribution is 7.89. The van der Waals surface area contributed by atoms with Crippen LogP contribution in [0.15, 0.2) is 53.4 Å². The van der Waals surface area contributed by atoms with Crippen LogP contribution in [0, 0.1) is 5.82 Å². The minimum absolute atomic E-state index is 0.0583. The molecule has 2 aromatic carbocycles.